The molecule has 6 heteroatoms. The molecule has 1 aromatic rings. The Balaban J connectivity index is 3.29. The van der Waals surface area contributed by atoms with Gasteiger partial charge in [0.25, 0.3) is 0 Å². The van der Waals surface area contributed by atoms with Crippen molar-refractivity contribution in [1.82, 2.24) is 4.98 Å². The Morgan fingerprint density at radius 1 is 1.43 bits per heavy atom. The van der Waals surface area contributed by atoms with Crippen molar-refractivity contribution >= 4 is 0 Å². The molecule has 1 aromatic heterocycles. The molecule has 0 aliphatic carbocycles. The quantitative estimate of drug-likeness (QED) is 0.800. The molecule has 0 bridgehead atoms. The second-order valence-corrected chi connectivity index (χ2v) is 2.54. The number of aliphatic hydroxyl groups excluding tert-OH is 1. The normalized spacial score (nSPS) is 11.5. The van der Waals surface area contributed by atoms with Gasteiger partial charge in [-0.3, -0.25) is 4.98 Å². The Bertz CT molecular complexity index is 325. The molecule has 0 spiro atoms. The van der Waals surface area contributed by atoms with Crippen molar-refractivity contribution < 1.29 is 23.0 Å². The van der Waals surface area contributed by atoms with Gasteiger partial charge in [0, 0.05) is 18.0 Å². The lowest BCUT2D eigenvalue weighted by Gasteiger charge is -2.13. The Hall–Kier alpha value is -1.30. The number of aliphatic hydroxyl groups is 1. The molecule has 0 aromatic carbocycles. The summed E-state index contributed by atoms with van der Waals surface area (Å²) in [7, 11) is 1.11. The first-order valence-corrected chi connectivity index (χ1v) is 3.69. The van der Waals surface area contributed by atoms with Crippen LogP contribution in [0.1, 0.15) is 11.1 Å². The Labute approximate surface area is 78.2 Å². The van der Waals surface area contributed by atoms with E-state index in [1.807, 2.05) is 0 Å². The fraction of sp³-hybridized carbons (Fsp3) is 0.375. The fourth-order valence-corrected chi connectivity index (χ4v) is 1.05. The average Bonchev–Trinajstić information content (AvgIpc) is 2.15. The molecule has 0 aliphatic heterocycles. The van der Waals surface area contributed by atoms with Crippen molar-refractivity contribution in [2.75, 3.05) is 7.11 Å². The molecule has 0 saturated carbocycles. The third-order valence-corrected chi connectivity index (χ3v) is 1.65. The van der Waals surface area contributed by atoms with Gasteiger partial charge in [0.05, 0.1) is 13.7 Å². The lowest BCUT2D eigenvalue weighted by molar-refractivity contribution is -0.139. The minimum Gasteiger partial charge on any atom is -0.496 e. The molecule has 14 heavy (non-hydrogen) atoms. The number of hydrogen-bond acceptors (Lipinski definition) is 3. The van der Waals surface area contributed by atoms with Crippen LogP contribution in [0, 0.1) is 0 Å². The van der Waals surface area contributed by atoms with Crippen LogP contribution in [-0.2, 0) is 12.8 Å². The number of rotatable bonds is 2. The minimum atomic E-state index is -4.52. The second kappa shape index (κ2) is 3.83. The third kappa shape index (κ3) is 1.95. The van der Waals surface area contributed by atoms with Crippen LogP contribution in [0.5, 0.6) is 5.75 Å². The summed E-state index contributed by atoms with van der Waals surface area (Å²) in [4.78, 5) is 3.37. The summed E-state index contributed by atoms with van der Waals surface area (Å²) in [5.41, 5.74) is -0.964. The minimum absolute atomic E-state index is 0.0160. The van der Waals surface area contributed by atoms with E-state index >= 15 is 0 Å². The number of halogens is 3. The first kappa shape index (κ1) is 10.8. The van der Waals surface area contributed by atoms with E-state index in [0.717, 1.165) is 13.3 Å². The van der Waals surface area contributed by atoms with Crippen molar-refractivity contribution in [3.63, 3.8) is 0 Å². The lowest BCUT2D eigenvalue weighted by atomic mass is 10.2. The van der Waals surface area contributed by atoms with Gasteiger partial charge in [0.1, 0.15) is 11.3 Å². The average molecular weight is 207 g/mol. The van der Waals surface area contributed by atoms with Gasteiger partial charge in [-0.25, -0.2) is 0 Å². The molecular weight excluding hydrogens is 199 g/mol. The molecule has 0 saturated heterocycles. The highest BCUT2D eigenvalue weighted by molar-refractivity contribution is 5.40. The molecule has 0 radical (unpaired) electrons. The smallest absolute Gasteiger partial charge is 0.421 e. The van der Waals surface area contributed by atoms with E-state index in [0.29, 0.717) is 6.20 Å². The van der Waals surface area contributed by atoms with E-state index < -0.39 is 18.3 Å². The van der Waals surface area contributed by atoms with Crippen LogP contribution >= 0.6 is 0 Å². The molecule has 1 heterocycles. The highest BCUT2D eigenvalue weighted by atomic mass is 19.4. The summed E-state index contributed by atoms with van der Waals surface area (Å²) in [5, 5.41) is 8.75. The van der Waals surface area contributed by atoms with Crippen LogP contribution < -0.4 is 4.74 Å². The molecule has 0 amide bonds. The molecule has 0 aliphatic rings. The molecule has 0 atom stereocenters. The predicted octanol–water partition coefficient (Wildman–Crippen LogP) is 1.60. The number of ether oxygens (including phenoxy) is 1. The van der Waals surface area contributed by atoms with E-state index in [4.69, 9.17) is 5.11 Å². The number of methoxy groups -OCH3 is 1. The molecule has 0 fully saturated rings. The van der Waals surface area contributed by atoms with Crippen LogP contribution in [0.4, 0.5) is 13.2 Å². The van der Waals surface area contributed by atoms with Crippen molar-refractivity contribution in [3.8, 4) is 5.75 Å². The Morgan fingerprint density at radius 3 is 2.50 bits per heavy atom. The molecule has 78 valence electrons. The van der Waals surface area contributed by atoms with Crippen molar-refractivity contribution in [3.05, 3.63) is 23.5 Å². The van der Waals surface area contributed by atoms with Crippen molar-refractivity contribution in [2.45, 2.75) is 12.8 Å². The maximum Gasteiger partial charge on any atom is 0.421 e. The summed E-state index contributed by atoms with van der Waals surface area (Å²) >= 11 is 0. The maximum absolute atomic E-state index is 12.4. The van der Waals surface area contributed by atoms with Crippen molar-refractivity contribution in [2.24, 2.45) is 0 Å². The summed E-state index contributed by atoms with van der Waals surface area (Å²) in [5.74, 6) is -0.380. The van der Waals surface area contributed by atoms with Gasteiger partial charge in [0.15, 0.2) is 0 Å². The van der Waals surface area contributed by atoms with Crippen molar-refractivity contribution in [1.29, 1.82) is 0 Å². The summed E-state index contributed by atoms with van der Waals surface area (Å²) in [6.45, 7) is -0.542. The molecule has 1 rings (SSSR count). The molecule has 1 N–H and O–H groups in total. The number of alkyl halides is 3. The lowest BCUT2D eigenvalue weighted by Crippen LogP contribution is -2.10. The highest BCUT2D eigenvalue weighted by Crippen LogP contribution is 2.37. The summed E-state index contributed by atoms with van der Waals surface area (Å²) in [6, 6.07) is 0. The first-order chi connectivity index (χ1) is 6.50. The SMILES string of the molecule is COc1c(CO)cncc1C(F)(F)F. The number of hydrogen-bond donors (Lipinski definition) is 1. The van der Waals surface area contributed by atoms with Gasteiger partial charge >= 0.3 is 6.18 Å². The number of pyridine rings is 1. The predicted molar refractivity (Wildman–Crippen MR) is 41.7 cm³/mol. The van der Waals surface area contributed by atoms with E-state index in [2.05, 4.69) is 9.72 Å². The largest absolute Gasteiger partial charge is 0.496 e. The standard InChI is InChI=1S/C8H8F3NO2/c1-14-7-5(4-13)2-12-3-6(7)8(9,10)11/h2-3,13H,4H2,1H3. The van der Waals surface area contributed by atoms with Crippen LogP contribution in [0.15, 0.2) is 12.4 Å². The fourth-order valence-electron chi connectivity index (χ4n) is 1.05. The maximum atomic E-state index is 12.4. The summed E-state index contributed by atoms with van der Waals surface area (Å²) in [6.07, 6.45) is -2.73. The van der Waals surface area contributed by atoms with Crippen LogP contribution in [0.3, 0.4) is 0 Å². The van der Waals surface area contributed by atoms with Gasteiger partial charge in [0.2, 0.25) is 0 Å². The number of aromatic nitrogens is 1. The Morgan fingerprint density at radius 2 is 2.07 bits per heavy atom. The van der Waals surface area contributed by atoms with E-state index in [1.54, 1.807) is 0 Å². The van der Waals surface area contributed by atoms with Gasteiger partial charge in [-0.05, 0) is 0 Å². The third-order valence-electron chi connectivity index (χ3n) is 1.65. The Kier molecular flexibility index (Phi) is 2.95. The zero-order valence-corrected chi connectivity index (χ0v) is 7.30. The van der Waals surface area contributed by atoms with Gasteiger partial charge in [-0.1, -0.05) is 0 Å². The van der Waals surface area contributed by atoms with Gasteiger partial charge in [-0.15, -0.1) is 0 Å². The topological polar surface area (TPSA) is 42.4 Å². The highest BCUT2D eigenvalue weighted by Gasteiger charge is 2.35. The van der Waals surface area contributed by atoms with E-state index in [-0.39, 0.29) is 11.3 Å². The monoisotopic (exact) mass is 207 g/mol. The van der Waals surface area contributed by atoms with E-state index in [9.17, 15) is 13.2 Å². The molecule has 0 unspecified atom stereocenters. The second-order valence-electron chi connectivity index (χ2n) is 2.54. The number of nitrogens with zero attached hydrogens (tertiary/aromatic N) is 1. The van der Waals surface area contributed by atoms with Gasteiger partial charge in [-0.2, -0.15) is 13.2 Å². The van der Waals surface area contributed by atoms with E-state index in [1.165, 1.54) is 0 Å². The van der Waals surface area contributed by atoms with Crippen LogP contribution in [0.2, 0.25) is 0 Å². The van der Waals surface area contributed by atoms with Crippen LogP contribution in [0.25, 0.3) is 0 Å². The zero-order chi connectivity index (χ0) is 10.8. The van der Waals surface area contributed by atoms with Crippen LogP contribution in [-0.4, -0.2) is 17.2 Å². The molecular formula is C8H8F3NO2. The first-order valence-electron chi connectivity index (χ1n) is 3.69. The van der Waals surface area contributed by atoms with Gasteiger partial charge < -0.3 is 9.84 Å². The zero-order valence-electron chi connectivity index (χ0n) is 7.30. The summed E-state index contributed by atoms with van der Waals surface area (Å²) < 4.78 is 41.6. The molecule has 3 nitrogen and oxygen atoms in total.